The summed E-state index contributed by atoms with van der Waals surface area (Å²) >= 11 is 0. The number of rotatable bonds is 3. The zero-order valence-corrected chi connectivity index (χ0v) is 12.9. The van der Waals surface area contributed by atoms with Crippen LogP contribution in [-0.2, 0) is 12.6 Å². The highest BCUT2D eigenvalue weighted by Gasteiger charge is 2.33. The van der Waals surface area contributed by atoms with E-state index < -0.39 is 17.6 Å². The van der Waals surface area contributed by atoms with Crippen molar-refractivity contribution in [3.05, 3.63) is 69.0 Å². The molecule has 0 saturated heterocycles. The lowest BCUT2D eigenvalue weighted by molar-refractivity contribution is -0.137. The van der Waals surface area contributed by atoms with E-state index >= 15 is 0 Å². The molecule has 0 unspecified atom stereocenters. The number of hydrogen-bond acceptors (Lipinski definition) is 2. The summed E-state index contributed by atoms with van der Waals surface area (Å²) in [6, 6.07) is 4.00. The van der Waals surface area contributed by atoms with E-state index in [0.29, 0.717) is 23.0 Å². The molecule has 1 aromatic carbocycles. The number of fused-ring (bicyclic) bond motifs is 1. The number of nitrogens with zero attached hydrogens (tertiary/aromatic N) is 2. The molecule has 1 saturated carbocycles. The Morgan fingerprint density at radius 2 is 2.00 bits per heavy atom. The van der Waals surface area contributed by atoms with E-state index in [0.717, 1.165) is 25.0 Å². The Labute approximate surface area is 139 Å². The van der Waals surface area contributed by atoms with Crippen LogP contribution in [-0.4, -0.2) is 14.6 Å². The van der Waals surface area contributed by atoms with Crippen molar-refractivity contribution in [3.63, 3.8) is 0 Å². The van der Waals surface area contributed by atoms with Gasteiger partial charge in [-0.1, -0.05) is 0 Å². The van der Waals surface area contributed by atoms with Gasteiger partial charge in [0.15, 0.2) is 5.65 Å². The topological polar surface area (TPSA) is 50.2 Å². The predicted octanol–water partition coefficient (Wildman–Crippen LogP) is 3.65. The van der Waals surface area contributed by atoms with Crippen LogP contribution in [0, 0.1) is 5.82 Å². The van der Waals surface area contributed by atoms with Crippen LogP contribution in [0.2, 0.25) is 0 Å². The molecule has 3 aromatic rings. The number of aromatic nitrogens is 3. The minimum atomic E-state index is -4.65. The summed E-state index contributed by atoms with van der Waals surface area (Å²) in [5.74, 6) is -0.843. The van der Waals surface area contributed by atoms with Gasteiger partial charge in [-0.05, 0) is 36.6 Å². The number of aromatic amines is 1. The van der Waals surface area contributed by atoms with Crippen molar-refractivity contribution in [1.82, 2.24) is 14.6 Å². The first-order valence-electron chi connectivity index (χ1n) is 7.78. The van der Waals surface area contributed by atoms with Gasteiger partial charge < -0.3 is 0 Å². The van der Waals surface area contributed by atoms with Crippen molar-refractivity contribution in [2.24, 2.45) is 0 Å². The Bertz CT molecular complexity index is 1010. The van der Waals surface area contributed by atoms with Crippen molar-refractivity contribution in [1.29, 1.82) is 0 Å². The van der Waals surface area contributed by atoms with E-state index in [1.807, 2.05) is 0 Å². The molecule has 1 fully saturated rings. The molecule has 0 radical (unpaired) electrons. The molecule has 0 spiro atoms. The summed E-state index contributed by atoms with van der Waals surface area (Å²) in [4.78, 5) is 17.2. The Balaban J connectivity index is 1.83. The van der Waals surface area contributed by atoms with Crippen molar-refractivity contribution in [3.8, 4) is 0 Å². The van der Waals surface area contributed by atoms with Gasteiger partial charge in [-0.25, -0.2) is 13.9 Å². The summed E-state index contributed by atoms with van der Waals surface area (Å²) in [6.45, 7) is 0. The van der Waals surface area contributed by atoms with Gasteiger partial charge in [0, 0.05) is 30.2 Å². The third kappa shape index (κ3) is 2.92. The highest BCUT2D eigenvalue weighted by molar-refractivity contribution is 5.43. The van der Waals surface area contributed by atoms with Crippen LogP contribution in [0.5, 0.6) is 0 Å². The monoisotopic (exact) mass is 351 g/mol. The molecular weight excluding hydrogens is 338 g/mol. The SMILES string of the molecule is O=c1c(Cc2cc(F)cc(C(F)(F)F)c2)c(C2CC2)nc2cc[nH]n12. The van der Waals surface area contributed by atoms with Crippen LogP contribution in [0.25, 0.3) is 5.65 Å². The predicted molar refractivity (Wildman–Crippen MR) is 82.0 cm³/mol. The van der Waals surface area contributed by atoms with Gasteiger partial charge in [0.1, 0.15) is 5.82 Å². The highest BCUT2D eigenvalue weighted by atomic mass is 19.4. The molecule has 8 heteroatoms. The minimum Gasteiger partial charge on any atom is -0.297 e. The molecule has 0 bridgehead atoms. The average Bonchev–Trinajstić information content (AvgIpc) is 3.26. The first-order chi connectivity index (χ1) is 11.8. The Kier molecular flexibility index (Phi) is 3.45. The highest BCUT2D eigenvalue weighted by Crippen LogP contribution is 2.40. The van der Waals surface area contributed by atoms with Gasteiger partial charge in [-0.3, -0.25) is 9.89 Å². The quantitative estimate of drug-likeness (QED) is 0.733. The van der Waals surface area contributed by atoms with E-state index in [-0.39, 0.29) is 23.5 Å². The largest absolute Gasteiger partial charge is 0.416 e. The van der Waals surface area contributed by atoms with Crippen LogP contribution in [0.1, 0.15) is 41.1 Å². The fourth-order valence-electron chi connectivity index (χ4n) is 2.99. The number of alkyl halides is 3. The smallest absolute Gasteiger partial charge is 0.297 e. The second-order valence-corrected chi connectivity index (χ2v) is 6.23. The Morgan fingerprint density at radius 3 is 2.68 bits per heavy atom. The molecule has 0 amide bonds. The number of halogens is 4. The van der Waals surface area contributed by atoms with Crippen molar-refractivity contribution >= 4 is 5.65 Å². The van der Waals surface area contributed by atoms with Crippen LogP contribution in [0.15, 0.2) is 35.3 Å². The zero-order chi connectivity index (χ0) is 17.8. The second kappa shape index (κ2) is 5.44. The van der Waals surface area contributed by atoms with Gasteiger partial charge in [-0.15, -0.1) is 0 Å². The van der Waals surface area contributed by atoms with Gasteiger partial charge in [0.2, 0.25) is 0 Å². The molecule has 1 aliphatic rings. The maximum atomic E-state index is 13.6. The molecule has 1 aliphatic carbocycles. The summed E-state index contributed by atoms with van der Waals surface area (Å²) in [5.41, 5.74) is 0.0355. The maximum absolute atomic E-state index is 13.6. The zero-order valence-electron chi connectivity index (χ0n) is 12.9. The van der Waals surface area contributed by atoms with Crippen LogP contribution >= 0.6 is 0 Å². The van der Waals surface area contributed by atoms with Gasteiger partial charge in [0.05, 0.1) is 11.3 Å². The fraction of sp³-hybridized carbons (Fsp3) is 0.294. The number of benzene rings is 1. The molecule has 130 valence electrons. The van der Waals surface area contributed by atoms with E-state index in [9.17, 15) is 22.4 Å². The third-order valence-electron chi connectivity index (χ3n) is 4.30. The van der Waals surface area contributed by atoms with E-state index in [4.69, 9.17) is 0 Å². The molecule has 4 rings (SSSR count). The Morgan fingerprint density at radius 1 is 1.24 bits per heavy atom. The normalized spacial score (nSPS) is 15.0. The summed E-state index contributed by atoms with van der Waals surface area (Å²) in [7, 11) is 0. The van der Waals surface area contributed by atoms with Gasteiger partial charge in [-0.2, -0.15) is 13.2 Å². The first kappa shape index (κ1) is 15.9. The number of hydrogen-bond donors (Lipinski definition) is 1. The number of nitrogens with one attached hydrogen (secondary N) is 1. The molecule has 25 heavy (non-hydrogen) atoms. The average molecular weight is 351 g/mol. The number of H-pyrrole nitrogens is 1. The Hall–Kier alpha value is -2.64. The van der Waals surface area contributed by atoms with Crippen molar-refractivity contribution < 1.29 is 17.6 Å². The summed E-state index contributed by atoms with van der Waals surface area (Å²) in [6.07, 6.45) is -1.41. The van der Waals surface area contributed by atoms with E-state index in [1.54, 1.807) is 12.3 Å². The minimum absolute atomic E-state index is 0.0968. The van der Waals surface area contributed by atoms with Crippen LogP contribution < -0.4 is 5.56 Å². The molecule has 4 nitrogen and oxygen atoms in total. The van der Waals surface area contributed by atoms with Gasteiger partial charge >= 0.3 is 6.18 Å². The van der Waals surface area contributed by atoms with Crippen LogP contribution in [0.4, 0.5) is 17.6 Å². The van der Waals surface area contributed by atoms with Crippen molar-refractivity contribution in [2.75, 3.05) is 0 Å². The fourth-order valence-corrected chi connectivity index (χ4v) is 2.99. The third-order valence-corrected chi connectivity index (χ3v) is 4.30. The maximum Gasteiger partial charge on any atom is 0.416 e. The summed E-state index contributed by atoms with van der Waals surface area (Å²) < 4.78 is 53.6. The first-order valence-corrected chi connectivity index (χ1v) is 7.78. The van der Waals surface area contributed by atoms with Crippen molar-refractivity contribution in [2.45, 2.75) is 31.4 Å². The van der Waals surface area contributed by atoms with E-state index in [2.05, 4.69) is 10.1 Å². The molecule has 2 aromatic heterocycles. The van der Waals surface area contributed by atoms with Gasteiger partial charge in [0.25, 0.3) is 5.56 Å². The lowest BCUT2D eigenvalue weighted by Gasteiger charge is -2.11. The molecule has 1 N–H and O–H groups in total. The second-order valence-electron chi connectivity index (χ2n) is 6.23. The standard InChI is InChI=1S/C17H13F4N3O/c18-12-6-9(5-11(8-12)17(19,20)21)7-13-15(10-1-2-10)23-14-3-4-22-24(14)16(13)25/h3-6,8,10,22H,1-2,7H2. The molecule has 0 atom stereocenters. The molecule has 2 heterocycles. The lowest BCUT2D eigenvalue weighted by Crippen LogP contribution is -2.23. The molecule has 0 aliphatic heterocycles. The van der Waals surface area contributed by atoms with Crippen LogP contribution in [0.3, 0.4) is 0 Å². The molecular formula is C17H13F4N3O. The summed E-state index contributed by atoms with van der Waals surface area (Å²) in [5, 5.41) is 2.74. The lowest BCUT2D eigenvalue weighted by atomic mass is 10.0. The van der Waals surface area contributed by atoms with E-state index in [1.165, 1.54) is 4.52 Å².